The lowest BCUT2D eigenvalue weighted by Gasteiger charge is -2.11. The van der Waals surface area contributed by atoms with Gasteiger partial charge in [-0.05, 0) is 23.8 Å². The third kappa shape index (κ3) is 4.72. The van der Waals surface area contributed by atoms with Crippen molar-refractivity contribution in [1.82, 2.24) is 4.72 Å². The Hall–Kier alpha value is -2.13. The van der Waals surface area contributed by atoms with Crippen LogP contribution in [0.5, 0.6) is 5.75 Å². The van der Waals surface area contributed by atoms with E-state index in [4.69, 9.17) is 9.84 Å². The van der Waals surface area contributed by atoms with Crippen molar-refractivity contribution in [3.63, 3.8) is 0 Å². The van der Waals surface area contributed by atoms with E-state index < -0.39 is 28.5 Å². The Morgan fingerprint density at radius 1 is 1.29 bits per heavy atom. The van der Waals surface area contributed by atoms with E-state index in [0.29, 0.717) is 5.75 Å². The summed E-state index contributed by atoms with van der Waals surface area (Å²) in [5.74, 6) is -1.58. The molecule has 0 fully saturated rings. The second kappa shape index (κ2) is 7.04. The zero-order chi connectivity index (χ0) is 16.0. The highest BCUT2D eigenvalue weighted by Gasteiger charge is 2.21. The first-order chi connectivity index (χ1) is 9.80. The number of carboxylic acid groups (broad SMARTS) is 1. The van der Waals surface area contributed by atoms with Gasteiger partial charge in [-0.25, -0.2) is 8.42 Å². The smallest absolute Gasteiger partial charge is 0.318 e. The van der Waals surface area contributed by atoms with Crippen molar-refractivity contribution in [3.8, 4) is 5.75 Å². The summed E-state index contributed by atoms with van der Waals surface area (Å²) in [7, 11) is -1.48. The average Bonchev–Trinajstić information content (AvgIpc) is 2.44. The molecular weight excluding hydrogens is 302 g/mol. The fourth-order valence-corrected chi connectivity index (χ4v) is 2.74. The molecule has 116 valence electrons. The van der Waals surface area contributed by atoms with E-state index in [-0.39, 0.29) is 16.9 Å². The second-order valence-electron chi connectivity index (χ2n) is 3.94. The van der Waals surface area contributed by atoms with E-state index >= 15 is 0 Å². The molecule has 0 radical (unpaired) electrons. The topological polar surface area (TPSA) is 119 Å². The molecule has 1 aromatic carbocycles. The highest BCUT2D eigenvalue weighted by molar-refractivity contribution is 7.89. The van der Waals surface area contributed by atoms with Gasteiger partial charge >= 0.3 is 11.9 Å². The number of carboxylic acids is 1. The van der Waals surface area contributed by atoms with Crippen LogP contribution in [0, 0.1) is 0 Å². The molecule has 0 heterocycles. The second-order valence-corrected chi connectivity index (χ2v) is 5.68. The summed E-state index contributed by atoms with van der Waals surface area (Å²) >= 11 is 0. The lowest BCUT2D eigenvalue weighted by atomic mass is 10.1. The lowest BCUT2D eigenvalue weighted by Crippen LogP contribution is -2.30. The molecule has 0 amide bonds. The molecule has 0 unspecified atom stereocenters. The van der Waals surface area contributed by atoms with Crippen molar-refractivity contribution in [2.75, 3.05) is 20.8 Å². The van der Waals surface area contributed by atoms with Crippen molar-refractivity contribution in [3.05, 3.63) is 23.8 Å². The highest BCUT2D eigenvalue weighted by Crippen LogP contribution is 2.22. The predicted octanol–water partition coefficient (Wildman–Crippen LogP) is -0.226. The molecule has 1 rings (SSSR count). The van der Waals surface area contributed by atoms with Crippen molar-refractivity contribution >= 4 is 22.0 Å². The first kappa shape index (κ1) is 16.9. The van der Waals surface area contributed by atoms with Crippen LogP contribution in [0.2, 0.25) is 0 Å². The number of hydrogen-bond acceptors (Lipinski definition) is 6. The fraction of sp³-hybridized carbons (Fsp3) is 0.333. The maximum Gasteiger partial charge on any atom is 0.318 e. The van der Waals surface area contributed by atoms with E-state index in [0.717, 1.165) is 0 Å². The molecule has 0 aliphatic carbocycles. The average molecular weight is 317 g/mol. The summed E-state index contributed by atoms with van der Waals surface area (Å²) < 4.78 is 35.5. The van der Waals surface area contributed by atoms with Gasteiger partial charge < -0.3 is 14.6 Å². The van der Waals surface area contributed by atoms with Crippen molar-refractivity contribution in [2.45, 2.75) is 11.3 Å². The monoisotopic (exact) mass is 317 g/mol. The molecule has 0 atom stereocenters. The number of esters is 1. The van der Waals surface area contributed by atoms with Crippen LogP contribution in [-0.2, 0) is 30.8 Å². The van der Waals surface area contributed by atoms with Crippen LogP contribution >= 0.6 is 0 Å². The highest BCUT2D eigenvalue weighted by atomic mass is 32.2. The molecule has 1 aromatic rings. The number of carbonyl (C=O) groups is 2. The zero-order valence-corrected chi connectivity index (χ0v) is 12.3. The first-order valence-electron chi connectivity index (χ1n) is 5.75. The van der Waals surface area contributed by atoms with E-state index in [9.17, 15) is 18.0 Å². The normalized spacial score (nSPS) is 11.0. The Balaban J connectivity index is 3.20. The van der Waals surface area contributed by atoms with Gasteiger partial charge in [-0.1, -0.05) is 0 Å². The molecule has 2 N–H and O–H groups in total. The van der Waals surface area contributed by atoms with E-state index in [1.54, 1.807) is 0 Å². The van der Waals surface area contributed by atoms with Gasteiger partial charge in [-0.2, -0.15) is 4.72 Å². The molecule has 0 saturated carbocycles. The molecule has 0 aromatic heterocycles. The quantitative estimate of drug-likeness (QED) is 0.667. The van der Waals surface area contributed by atoms with Crippen molar-refractivity contribution < 1.29 is 32.6 Å². The van der Waals surface area contributed by atoms with Crippen LogP contribution < -0.4 is 9.46 Å². The standard InChI is InChI=1S/C12H15NO7S/c1-19-9-3-4-10(8(5-9)6-12(16)20-2)21(17,18)13-7-11(14)15/h3-5,13H,6-7H2,1-2H3,(H,14,15). The van der Waals surface area contributed by atoms with Gasteiger partial charge in [-0.15, -0.1) is 0 Å². The fourth-order valence-electron chi connectivity index (χ4n) is 1.55. The van der Waals surface area contributed by atoms with Gasteiger partial charge in [-0.3, -0.25) is 9.59 Å². The van der Waals surface area contributed by atoms with Gasteiger partial charge in [0, 0.05) is 0 Å². The Morgan fingerprint density at radius 2 is 1.95 bits per heavy atom. The Labute approximate surface area is 121 Å². The molecule has 9 heteroatoms. The molecule has 0 aliphatic heterocycles. The number of rotatable bonds is 7. The van der Waals surface area contributed by atoms with E-state index in [2.05, 4.69) is 4.74 Å². The van der Waals surface area contributed by atoms with Gasteiger partial charge in [0.25, 0.3) is 0 Å². The van der Waals surface area contributed by atoms with Gasteiger partial charge in [0.1, 0.15) is 12.3 Å². The minimum absolute atomic E-state index is 0.152. The Kier molecular flexibility index (Phi) is 5.68. The number of benzene rings is 1. The molecule has 0 bridgehead atoms. The van der Waals surface area contributed by atoms with Gasteiger partial charge in [0.05, 0.1) is 25.5 Å². The SMILES string of the molecule is COC(=O)Cc1cc(OC)ccc1S(=O)(=O)NCC(=O)O. The third-order valence-electron chi connectivity index (χ3n) is 2.53. The van der Waals surface area contributed by atoms with Crippen LogP contribution in [0.3, 0.4) is 0 Å². The summed E-state index contributed by atoms with van der Waals surface area (Å²) in [6.45, 7) is -0.758. The number of carbonyl (C=O) groups excluding carboxylic acids is 1. The number of hydrogen-bond donors (Lipinski definition) is 2. The van der Waals surface area contributed by atoms with Crippen molar-refractivity contribution in [2.24, 2.45) is 0 Å². The third-order valence-corrected chi connectivity index (χ3v) is 4.03. The van der Waals surface area contributed by atoms with Crippen LogP contribution in [0.4, 0.5) is 0 Å². The Morgan fingerprint density at radius 3 is 2.48 bits per heavy atom. The zero-order valence-electron chi connectivity index (χ0n) is 11.5. The van der Waals surface area contributed by atoms with Crippen LogP contribution in [0.15, 0.2) is 23.1 Å². The maximum atomic E-state index is 12.1. The summed E-state index contributed by atoms with van der Waals surface area (Å²) in [6, 6.07) is 4.02. The summed E-state index contributed by atoms with van der Waals surface area (Å²) in [5, 5.41) is 8.54. The number of nitrogens with one attached hydrogen (secondary N) is 1. The molecule has 21 heavy (non-hydrogen) atoms. The van der Waals surface area contributed by atoms with Crippen LogP contribution in [0.25, 0.3) is 0 Å². The van der Waals surface area contributed by atoms with E-state index in [1.165, 1.54) is 32.4 Å². The van der Waals surface area contributed by atoms with Crippen LogP contribution in [0.1, 0.15) is 5.56 Å². The molecular formula is C12H15NO7S. The van der Waals surface area contributed by atoms with Crippen molar-refractivity contribution in [1.29, 1.82) is 0 Å². The number of sulfonamides is 1. The Bertz CT molecular complexity index is 639. The molecule has 0 aliphatic rings. The maximum absolute atomic E-state index is 12.1. The molecule has 0 spiro atoms. The van der Waals surface area contributed by atoms with E-state index in [1.807, 2.05) is 4.72 Å². The first-order valence-corrected chi connectivity index (χ1v) is 7.23. The summed E-state index contributed by atoms with van der Waals surface area (Å²) in [4.78, 5) is 21.6. The minimum Gasteiger partial charge on any atom is -0.497 e. The van der Waals surface area contributed by atoms with Gasteiger partial charge in [0.2, 0.25) is 10.0 Å². The lowest BCUT2D eigenvalue weighted by molar-refractivity contribution is -0.140. The largest absolute Gasteiger partial charge is 0.497 e. The number of methoxy groups -OCH3 is 2. The minimum atomic E-state index is -4.06. The van der Waals surface area contributed by atoms with Crippen LogP contribution in [-0.4, -0.2) is 46.2 Å². The number of aliphatic carboxylic acids is 1. The molecule has 0 saturated heterocycles. The predicted molar refractivity (Wildman–Crippen MR) is 71.5 cm³/mol. The molecule has 8 nitrogen and oxygen atoms in total. The van der Waals surface area contributed by atoms with Gasteiger partial charge in [0.15, 0.2) is 0 Å². The number of ether oxygens (including phenoxy) is 2. The summed E-state index contributed by atoms with van der Waals surface area (Å²) in [6.07, 6.45) is -0.281. The summed E-state index contributed by atoms with van der Waals surface area (Å²) in [5.41, 5.74) is 0.152.